The number of hydrogen-bond acceptors (Lipinski definition) is 5. The van der Waals surface area contributed by atoms with Crippen LogP contribution in [0, 0.1) is 5.82 Å². The molecule has 0 spiro atoms. The predicted molar refractivity (Wildman–Crippen MR) is 133 cm³/mol. The minimum absolute atomic E-state index is 0.0735. The predicted octanol–water partition coefficient (Wildman–Crippen LogP) is 5.18. The minimum atomic E-state index is -3.90. The lowest BCUT2D eigenvalue weighted by molar-refractivity contribution is 0.249. The molecule has 0 atom stereocenters. The number of halogens is 2. The molecule has 0 bridgehead atoms. The number of piperazine rings is 1. The number of aromatic nitrogens is 1. The van der Waals surface area contributed by atoms with Crippen LogP contribution in [0.5, 0.6) is 0 Å². The van der Waals surface area contributed by atoms with Crippen LogP contribution in [0.2, 0.25) is 5.02 Å². The molecule has 5 nitrogen and oxygen atoms in total. The van der Waals surface area contributed by atoms with Gasteiger partial charge in [-0.1, -0.05) is 41.9 Å². The molecule has 0 aliphatic carbocycles. The van der Waals surface area contributed by atoms with Crippen molar-refractivity contribution in [2.24, 2.45) is 0 Å². The molecule has 0 saturated carbocycles. The monoisotopic (exact) mass is 495 g/mol. The molecule has 1 aromatic heterocycles. The van der Waals surface area contributed by atoms with E-state index in [0.717, 1.165) is 19.6 Å². The molecule has 3 aromatic carbocycles. The Morgan fingerprint density at radius 3 is 2.32 bits per heavy atom. The van der Waals surface area contributed by atoms with E-state index in [9.17, 15) is 12.8 Å². The molecule has 8 heteroatoms. The third kappa shape index (κ3) is 4.51. The average molecular weight is 496 g/mol. The van der Waals surface area contributed by atoms with E-state index in [0.29, 0.717) is 34.7 Å². The molecular weight excluding hydrogens is 473 g/mol. The first-order valence-corrected chi connectivity index (χ1v) is 12.9. The van der Waals surface area contributed by atoms with Crippen molar-refractivity contribution in [1.82, 2.24) is 9.88 Å². The van der Waals surface area contributed by atoms with Crippen LogP contribution in [0.4, 0.5) is 10.1 Å². The van der Waals surface area contributed by atoms with Crippen molar-refractivity contribution in [3.63, 3.8) is 0 Å². The first kappa shape index (κ1) is 22.8. The maximum absolute atomic E-state index is 14.3. The number of nitrogens with zero attached hydrogens (tertiary/aromatic N) is 3. The van der Waals surface area contributed by atoms with Crippen molar-refractivity contribution < 1.29 is 12.8 Å². The lowest BCUT2D eigenvalue weighted by Gasteiger charge is -2.37. The quantitative estimate of drug-likeness (QED) is 0.382. The second kappa shape index (κ2) is 9.33. The number of anilines is 1. The Morgan fingerprint density at radius 1 is 0.912 bits per heavy atom. The van der Waals surface area contributed by atoms with Crippen molar-refractivity contribution in [3.05, 3.63) is 95.4 Å². The van der Waals surface area contributed by atoms with E-state index in [1.807, 2.05) is 23.1 Å². The van der Waals surface area contributed by atoms with Gasteiger partial charge >= 0.3 is 0 Å². The van der Waals surface area contributed by atoms with Crippen LogP contribution < -0.4 is 4.90 Å². The van der Waals surface area contributed by atoms with Crippen LogP contribution in [0.15, 0.2) is 88.8 Å². The number of fused-ring (bicyclic) bond motifs is 1. The van der Waals surface area contributed by atoms with Crippen LogP contribution in [0.25, 0.3) is 10.9 Å². The van der Waals surface area contributed by atoms with Crippen molar-refractivity contribution in [2.45, 2.75) is 16.3 Å². The van der Waals surface area contributed by atoms with Gasteiger partial charge in [0.2, 0.25) is 9.84 Å². The second-order valence-corrected chi connectivity index (χ2v) is 10.7. The molecule has 1 aliphatic heterocycles. The fourth-order valence-electron chi connectivity index (χ4n) is 4.37. The summed E-state index contributed by atoms with van der Waals surface area (Å²) in [6, 6.07) is 20.6. The van der Waals surface area contributed by atoms with Gasteiger partial charge in [0.05, 0.1) is 16.1 Å². The molecule has 1 aliphatic rings. The average Bonchev–Trinajstić information content (AvgIpc) is 2.85. The Balaban J connectivity index is 1.53. The Morgan fingerprint density at radius 2 is 1.62 bits per heavy atom. The van der Waals surface area contributed by atoms with E-state index in [1.54, 1.807) is 18.2 Å². The summed E-state index contributed by atoms with van der Waals surface area (Å²) >= 11 is 5.97. The molecule has 5 rings (SSSR count). The largest absolute Gasteiger partial charge is 0.367 e. The van der Waals surface area contributed by atoms with Gasteiger partial charge in [0.25, 0.3) is 0 Å². The molecule has 34 heavy (non-hydrogen) atoms. The topological polar surface area (TPSA) is 53.5 Å². The molecule has 1 fully saturated rings. The Kier molecular flexibility index (Phi) is 6.25. The zero-order valence-corrected chi connectivity index (χ0v) is 19.9. The van der Waals surface area contributed by atoms with Crippen molar-refractivity contribution in [3.8, 4) is 0 Å². The lowest BCUT2D eigenvalue weighted by Crippen LogP contribution is -2.46. The first-order valence-electron chi connectivity index (χ1n) is 11.0. The van der Waals surface area contributed by atoms with Crippen LogP contribution in [0.3, 0.4) is 0 Å². The standard InChI is InChI=1S/C26H23ClFN3O2S/c27-20-6-9-22(10-7-20)34(32,33)25-17-29-24-11-8-21(28)16-23(24)26(25)31-14-12-30(13-15-31)18-19-4-2-1-3-5-19/h1-11,16-17H,12-15,18H2. The number of pyridine rings is 1. The number of benzene rings is 3. The highest BCUT2D eigenvalue weighted by Crippen LogP contribution is 2.37. The maximum atomic E-state index is 14.3. The summed E-state index contributed by atoms with van der Waals surface area (Å²) in [4.78, 5) is 8.92. The fraction of sp³-hybridized carbons (Fsp3) is 0.192. The summed E-state index contributed by atoms with van der Waals surface area (Å²) in [6.07, 6.45) is 1.38. The molecule has 2 heterocycles. The SMILES string of the molecule is O=S(=O)(c1ccc(Cl)cc1)c1cnc2ccc(F)cc2c1N1CCN(Cc2ccccc2)CC1. The van der Waals surface area contributed by atoms with Crippen molar-refractivity contribution in [1.29, 1.82) is 0 Å². The zero-order valence-electron chi connectivity index (χ0n) is 18.4. The summed E-state index contributed by atoms with van der Waals surface area (Å²) in [5.41, 5.74) is 2.29. The Labute approximate surface area is 203 Å². The van der Waals surface area contributed by atoms with Gasteiger partial charge in [0.1, 0.15) is 10.7 Å². The van der Waals surface area contributed by atoms with Gasteiger partial charge < -0.3 is 4.90 Å². The highest BCUT2D eigenvalue weighted by atomic mass is 35.5. The maximum Gasteiger partial charge on any atom is 0.210 e. The van der Waals surface area contributed by atoms with E-state index in [2.05, 4.69) is 22.0 Å². The van der Waals surface area contributed by atoms with E-state index in [-0.39, 0.29) is 9.79 Å². The van der Waals surface area contributed by atoms with Gasteiger partial charge in [0, 0.05) is 49.3 Å². The number of rotatable bonds is 5. The molecule has 0 radical (unpaired) electrons. The minimum Gasteiger partial charge on any atom is -0.367 e. The van der Waals surface area contributed by atoms with E-state index in [4.69, 9.17) is 11.6 Å². The van der Waals surface area contributed by atoms with E-state index >= 15 is 0 Å². The van der Waals surface area contributed by atoms with Gasteiger partial charge in [-0.3, -0.25) is 9.88 Å². The summed E-state index contributed by atoms with van der Waals surface area (Å²) in [6.45, 7) is 3.58. The number of sulfone groups is 1. The van der Waals surface area contributed by atoms with Crippen LogP contribution in [0.1, 0.15) is 5.56 Å². The summed E-state index contributed by atoms with van der Waals surface area (Å²) in [5, 5.41) is 0.943. The van der Waals surface area contributed by atoms with Gasteiger partial charge in [-0.05, 0) is 48.0 Å². The summed E-state index contributed by atoms with van der Waals surface area (Å²) in [5.74, 6) is -0.431. The smallest absolute Gasteiger partial charge is 0.210 e. The third-order valence-corrected chi connectivity index (χ3v) is 8.14. The summed E-state index contributed by atoms with van der Waals surface area (Å²) in [7, 11) is -3.90. The molecule has 0 N–H and O–H groups in total. The lowest BCUT2D eigenvalue weighted by atomic mass is 10.1. The van der Waals surface area contributed by atoms with Gasteiger partial charge in [-0.15, -0.1) is 0 Å². The van der Waals surface area contributed by atoms with Crippen LogP contribution in [-0.4, -0.2) is 44.5 Å². The highest BCUT2D eigenvalue weighted by Gasteiger charge is 2.29. The van der Waals surface area contributed by atoms with Crippen LogP contribution in [-0.2, 0) is 16.4 Å². The normalized spacial score (nSPS) is 15.1. The molecular formula is C26H23ClFN3O2S. The van der Waals surface area contributed by atoms with Crippen molar-refractivity contribution >= 4 is 38.0 Å². The molecule has 0 amide bonds. The highest BCUT2D eigenvalue weighted by molar-refractivity contribution is 7.91. The first-order chi connectivity index (χ1) is 16.4. The second-order valence-electron chi connectivity index (χ2n) is 8.34. The van der Waals surface area contributed by atoms with Gasteiger partial charge in [0.15, 0.2) is 0 Å². The van der Waals surface area contributed by atoms with Gasteiger partial charge in [-0.25, -0.2) is 12.8 Å². The van der Waals surface area contributed by atoms with Gasteiger partial charge in [-0.2, -0.15) is 0 Å². The van der Waals surface area contributed by atoms with Crippen molar-refractivity contribution in [2.75, 3.05) is 31.1 Å². The summed E-state index contributed by atoms with van der Waals surface area (Å²) < 4.78 is 41.5. The molecule has 4 aromatic rings. The van der Waals surface area contributed by atoms with Crippen LogP contribution >= 0.6 is 11.6 Å². The van der Waals surface area contributed by atoms with E-state index < -0.39 is 15.7 Å². The Bertz CT molecular complexity index is 1420. The fourth-order valence-corrected chi connectivity index (χ4v) is 5.93. The Hall–Kier alpha value is -3.00. The molecule has 174 valence electrons. The molecule has 1 saturated heterocycles. The third-order valence-electron chi connectivity index (χ3n) is 6.12. The zero-order chi connectivity index (χ0) is 23.7. The number of hydrogen-bond donors (Lipinski definition) is 0. The molecule has 0 unspecified atom stereocenters. The van der Waals surface area contributed by atoms with E-state index in [1.165, 1.54) is 36.0 Å².